The molecule has 6 nitrogen and oxygen atoms in total. The van der Waals surface area contributed by atoms with Gasteiger partial charge in [0.05, 0.1) is 29.6 Å². The summed E-state index contributed by atoms with van der Waals surface area (Å²) in [6.45, 7) is 1.93. The Bertz CT molecular complexity index is 856. The number of nitriles is 1. The van der Waals surface area contributed by atoms with Crippen LogP contribution in [0, 0.1) is 11.3 Å². The maximum absolute atomic E-state index is 12.8. The lowest BCUT2D eigenvalue weighted by Crippen LogP contribution is -2.42. The molecule has 0 saturated heterocycles. The Morgan fingerprint density at radius 2 is 2.12 bits per heavy atom. The molecule has 1 heterocycles. The minimum atomic E-state index is -0.247. The topological polar surface area (TPSA) is 85.2 Å². The van der Waals surface area contributed by atoms with Crippen molar-refractivity contribution in [3.63, 3.8) is 0 Å². The van der Waals surface area contributed by atoms with E-state index in [1.807, 2.05) is 25.1 Å². The number of carbonyl (C=O) groups is 2. The van der Waals surface area contributed by atoms with Crippen molar-refractivity contribution >= 4 is 28.9 Å². The molecule has 0 aliphatic carbocycles. The molecule has 0 radical (unpaired) electrons. The van der Waals surface area contributed by atoms with Crippen LogP contribution in [0.4, 0.5) is 17.1 Å². The number of anilines is 3. The van der Waals surface area contributed by atoms with E-state index in [9.17, 15) is 9.59 Å². The molecule has 1 aliphatic heterocycles. The highest BCUT2D eigenvalue weighted by atomic mass is 16.2. The van der Waals surface area contributed by atoms with E-state index in [2.05, 4.69) is 16.7 Å². The average Bonchev–Trinajstić information content (AvgIpc) is 2.74. The van der Waals surface area contributed by atoms with Gasteiger partial charge in [-0.15, -0.1) is 0 Å². The van der Waals surface area contributed by atoms with Crippen molar-refractivity contribution in [2.75, 3.05) is 22.1 Å². The Balaban J connectivity index is 1.80. The number of amides is 2. The van der Waals surface area contributed by atoms with Crippen LogP contribution in [0.5, 0.6) is 0 Å². The van der Waals surface area contributed by atoms with Gasteiger partial charge in [-0.05, 0) is 37.3 Å². The number of fused-ring (bicyclic) bond motifs is 1. The molecular weight excluding hydrogens is 316 g/mol. The molecule has 2 N–H and O–H groups in total. The molecule has 6 heteroatoms. The summed E-state index contributed by atoms with van der Waals surface area (Å²) in [7, 11) is 0. The first kappa shape index (κ1) is 16.5. The zero-order valence-electron chi connectivity index (χ0n) is 13.8. The van der Waals surface area contributed by atoms with Crippen molar-refractivity contribution in [1.82, 2.24) is 0 Å². The molecule has 0 unspecified atom stereocenters. The third kappa shape index (κ3) is 3.61. The fourth-order valence-corrected chi connectivity index (χ4v) is 2.93. The van der Waals surface area contributed by atoms with Crippen molar-refractivity contribution in [3.8, 4) is 6.07 Å². The molecule has 1 aliphatic rings. The number of carbonyl (C=O) groups excluding carboxylic acids is 2. The second-order valence-electron chi connectivity index (χ2n) is 5.93. The van der Waals surface area contributed by atoms with Gasteiger partial charge in [0.1, 0.15) is 0 Å². The summed E-state index contributed by atoms with van der Waals surface area (Å²) in [5.41, 5.74) is 2.56. The number of nitrogens with zero attached hydrogens (tertiary/aromatic N) is 2. The molecule has 126 valence electrons. The Labute approximate surface area is 146 Å². The van der Waals surface area contributed by atoms with E-state index >= 15 is 0 Å². The number of hydrogen-bond acceptors (Lipinski definition) is 4. The first-order valence-corrected chi connectivity index (χ1v) is 8.03. The number of nitrogens with one attached hydrogen (secondary N) is 2. The summed E-state index contributed by atoms with van der Waals surface area (Å²) in [5.74, 6) is -0.247. The maximum atomic E-state index is 12.8. The minimum absolute atomic E-state index is 0.0712. The Kier molecular flexibility index (Phi) is 4.66. The minimum Gasteiger partial charge on any atom is -0.376 e. The zero-order chi connectivity index (χ0) is 17.8. The first-order valence-electron chi connectivity index (χ1n) is 8.03. The molecule has 3 rings (SSSR count). The van der Waals surface area contributed by atoms with Crippen LogP contribution in [0.25, 0.3) is 0 Å². The van der Waals surface area contributed by atoms with Crippen molar-refractivity contribution in [1.29, 1.82) is 5.26 Å². The van der Waals surface area contributed by atoms with Crippen molar-refractivity contribution in [2.24, 2.45) is 0 Å². The van der Waals surface area contributed by atoms with Gasteiger partial charge in [0.15, 0.2) is 0 Å². The third-order valence-electron chi connectivity index (χ3n) is 4.06. The van der Waals surface area contributed by atoms with Crippen LogP contribution in [0.1, 0.15) is 18.9 Å². The highest BCUT2D eigenvalue weighted by Crippen LogP contribution is 2.31. The van der Waals surface area contributed by atoms with E-state index in [-0.39, 0.29) is 30.8 Å². The van der Waals surface area contributed by atoms with Gasteiger partial charge in [-0.1, -0.05) is 18.2 Å². The SMILES string of the molecule is C[C@H]1CC(=O)Nc2ccccc2N1C(=O)CNc1cccc(C#N)c1. The molecule has 2 aromatic rings. The molecule has 0 spiro atoms. The summed E-state index contributed by atoms with van der Waals surface area (Å²) in [6, 6.07) is 16.1. The highest BCUT2D eigenvalue weighted by molar-refractivity contribution is 6.05. The maximum Gasteiger partial charge on any atom is 0.246 e. The van der Waals surface area contributed by atoms with Gasteiger partial charge in [-0.3, -0.25) is 9.59 Å². The Morgan fingerprint density at radius 3 is 2.92 bits per heavy atom. The third-order valence-corrected chi connectivity index (χ3v) is 4.06. The van der Waals surface area contributed by atoms with Crippen LogP contribution in [0.15, 0.2) is 48.5 Å². The van der Waals surface area contributed by atoms with E-state index in [4.69, 9.17) is 5.26 Å². The van der Waals surface area contributed by atoms with E-state index in [1.165, 1.54) is 0 Å². The summed E-state index contributed by atoms with van der Waals surface area (Å²) in [6.07, 6.45) is 0.240. The predicted octanol–water partition coefficient (Wildman–Crippen LogP) is 2.73. The molecule has 25 heavy (non-hydrogen) atoms. The smallest absolute Gasteiger partial charge is 0.246 e. The number of para-hydroxylation sites is 2. The Hall–Kier alpha value is -3.33. The van der Waals surface area contributed by atoms with Crippen LogP contribution >= 0.6 is 0 Å². The van der Waals surface area contributed by atoms with E-state index in [1.54, 1.807) is 35.2 Å². The fourth-order valence-electron chi connectivity index (χ4n) is 2.93. The molecule has 0 saturated carbocycles. The lowest BCUT2D eigenvalue weighted by molar-refractivity contribution is -0.118. The van der Waals surface area contributed by atoms with Gasteiger partial charge >= 0.3 is 0 Å². The highest BCUT2D eigenvalue weighted by Gasteiger charge is 2.29. The molecule has 0 bridgehead atoms. The summed E-state index contributed by atoms with van der Waals surface area (Å²) in [5, 5.41) is 14.8. The summed E-state index contributed by atoms with van der Waals surface area (Å²) >= 11 is 0. The van der Waals surface area contributed by atoms with Gasteiger partial charge in [-0.25, -0.2) is 0 Å². The molecule has 0 fully saturated rings. The fraction of sp³-hybridized carbons (Fsp3) is 0.211. The summed E-state index contributed by atoms with van der Waals surface area (Å²) in [4.78, 5) is 26.4. The monoisotopic (exact) mass is 334 g/mol. The van der Waals surface area contributed by atoms with Gasteiger partial charge in [0.2, 0.25) is 11.8 Å². The van der Waals surface area contributed by atoms with Crippen molar-refractivity contribution in [2.45, 2.75) is 19.4 Å². The van der Waals surface area contributed by atoms with E-state index in [0.717, 1.165) is 0 Å². The molecule has 2 amide bonds. The van der Waals surface area contributed by atoms with Crippen LogP contribution in [0.2, 0.25) is 0 Å². The van der Waals surface area contributed by atoms with Gasteiger partial charge in [0, 0.05) is 18.2 Å². The van der Waals surface area contributed by atoms with Crippen LogP contribution in [0.3, 0.4) is 0 Å². The number of benzene rings is 2. The zero-order valence-corrected chi connectivity index (χ0v) is 13.8. The number of hydrogen-bond donors (Lipinski definition) is 2. The largest absolute Gasteiger partial charge is 0.376 e. The van der Waals surface area contributed by atoms with E-state index in [0.29, 0.717) is 22.6 Å². The normalized spacial score (nSPS) is 16.2. The molecule has 0 aromatic heterocycles. The second kappa shape index (κ2) is 7.05. The lowest BCUT2D eigenvalue weighted by Gasteiger charge is -2.28. The molecule has 1 atom stereocenters. The molecular formula is C19H18N4O2. The van der Waals surface area contributed by atoms with Crippen LogP contribution in [-0.2, 0) is 9.59 Å². The van der Waals surface area contributed by atoms with Crippen LogP contribution in [-0.4, -0.2) is 24.4 Å². The molecule has 2 aromatic carbocycles. The summed E-state index contributed by atoms with van der Waals surface area (Å²) < 4.78 is 0. The predicted molar refractivity (Wildman–Crippen MR) is 96.3 cm³/mol. The van der Waals surface area contributed by atoms with Gasteiger partial charge in [-0.2, -0.15) is 5.26 Å². The standard InChI is InChI=1S/C19H18N4O2/c1-13-9-18(24)22-16-7-2-3-8-17(16)23(13)19(25)12-21-15-6-4-5-14(10-15)11-20/h2-8,10,13,21H,9,12H2,1H3,(H,22,24)/t13-/m0/s1. The second-order valence-corrected chi connectivity index (χ2v) is 5.93. The van der Waals surface area contributed by atoms with Gasteiger partial charge < -0.3 is 15.5 Å². The van der Waals surface area contributed by atoms with Crippen molar-refractivity contribution in [3.05, 3.63) is 54.1 Å². The Morgan fingerprint density at radius 1 is 1.32 bits per heavy atom. The quantitative estimate of drug-likeness (QED) is 0.904. The van der Waals surface area contributed by atoms with E-state index < -0.39 is 0 Å². The van der Waals surface area contributed by atoms with Crippen molar-refractivity contribution < 1.29 is 9.59 Å². The van der Waals surface area contributed by atoms with Gasteiger partial charge in [0.25, 0.3) is 0 Å². The van der Waals surface area contributed by atoms with Crippen LogP contribution < -0.4 is 15.5 Å². The first-order chi connectivity index (χ1) is 12.1. The number of rotatable bonds is 3. The average molecular weight is 334 g/mol. The lowest BCUT2D eigenvalue weighted by atomic mass is 10.1.